The number of nitrogens with zero attached hydrogens (tertiary/aromatic N) is 4. The molecule has 1 heterocycles. The average Bonchev–Trinajstić information content (AvgIpc) is 3.12. The molecule has 0 aliphatic rings. The molecule has 52 heavy (non-hydrogen) atoms. The minimum atomic E-state index is -1.94. The SMILES string of the molecule is CCCCCCCCCCCOc1ccc(-c2cnc(OC(=O)c3cc([N+](=O)[O-])c(OC(=O)[C@H](F)CCCC)c(C)c3N(C)C)cn2)cc1.[Si]O[Si]. The molecule has 6 radical (unpaired) electrons. The normalized spacial score (nSPS) is 11.2. The minimum Gasteiger partial charge on any atom is -0.494 e. The van der Waals surface area contributed by atoms with Gasteiger partial charge in [-0.1, -0.05) is 78.1 Å². The molecule has 12 nitrogen and oxygen atoms in total. The van der Waals surface area contributed by atoms with Gasteiger partial charge < -0.3 is 23.2 Å². The highest BCUT2D eigenvalue weighted by molar-refractivity contribution is 6.15. The zero-order valence-corrected chi connectivity index (χ0v) is 32.7. The van der Waals surface area contributed by atoms with Crippen molar-refractivity contribution in [2.24, 2.45) is 0 Å². The van der Waals surface area contributed by atoms with Gasteiger partial charge in [0.05, 0.1) is 40.9 Å². The lowest BCUT2D eigenvalue weighted by Crippen LogP contribution is -2.24. The van der Waals surface area contributed by atoms with Crippen LogP contribution < -0.4 is 19.1 Å². The Balaban J connectivity index is 0.00000301. The van der Waals surface area contributed by atoms with Gasteiger partial charge >= 0.3 is 17.6 Å². The summed E-state index contributed by atoms with van der Waals surface area (Å²) in [6.45, 7) is 6.19. The number of unbranched alkanes of at least 4 members (excludes halogenated alkanes) is 9. The molecule has 2 aromatic carbocycles. The van der Waals surface area contributed by atoms with Crippen LogP contribution in [-0.2, 0) is 8.91 Å². The number of rotatable bonds is 21. The summed E-state index contributed by atoms with van der Waals surface area (Å²) in [4.78, 5) is 47.0. The molecule has 0 bridgehead atoms. The van der Waals surface area contributed by atoms with Crippen molar-refractivity contribution in [3.05, 3.63) is 64.0 Å². The number of aromatic nitrogens is 2. The van der Waals surface area contributed by atoms with Crippen molar-refractivity contribution in [2.75, 3.05) is 25.6 Å². The summed E-state index contributed by atoms with van der Waals surface area (Å²) >= 11 is 0. The molecule has 0 saturated carbocycles. The van der Waals surface area contributed by atoms with Crippen molar-refractivity contribution in [1.82, 2.24) is 9.97 Å². The average molecular weight is 753 g/mol. The van der Waals surface area contributed by atoms with Crippen molar-refractivity contribution in [3.63, 3.8) is 0 Å². The van der Waals surface area contributed by atoms with Gasteiger partial charge in [0.2, 0.25) is 32.6 Å². The summed E-state index contributed by atoms with van der Waals surface area (Å²) in [5.74, 6) is -1.95. The van der Waals surface area contributed by atoms with Crippen LogP contribution in [0.25, 0.3) is 11.3 Å². The van der Waals surface area contributed by atoms with E-state index < -0.39 is 34.5 Å². The van der Waals surface area contributed by atoms with Crippen LogP contribution in [0.3, 0.4) is 0 Å². The van der Waals surface area contributed by atoms with Gasteiger partial charge in [-0.15, -0.1) is 0 Å². The Morgan fingerprint density at radius 2 is 1.50 bits per heavy atom. The number of anilines is 1. The minimum absolute atomic E-state index is 0.0634. The van der Waals surface area contributed by atoms with Gasteiger partial charge in [0.25, 0.3) is 0 Å². The van der Waals surface area contributed by atoms with Crippen LogP contribution in [0.5, 0.6) is 17.4 Å². The second-order valence-corrected chi connectivity index (χ2v) is 13.2. The zero-order chi connectivity index (χ0) is 38.5. The number of hydrogen-bond donors (Lipinski definition) is 0. The maximum atomic E-state index is 14.4. The van der Waals surface area contributed by atoms with E-state index in [-0.39, 0.29) is 29.1 Å². The Morgan fingerprint density at radius 3 is 2.04 bits per heavy atom. The highest BCUT2D eigenvalue weighted by Gasteiger charge is 2.32. The Morgan fingerprint density at radius 1 is 0.904 bits per heavy atom. The quantitative estimate of drug-likeness (QED) is 0.0260. The molecule has 3 aromatic rings. The number of benzene rings is 2. The summed E-state index contributed by atoms with van der Waals surface area (Å²) < 4.78 is 34.8. The molecule has 0 N–H and O–H groups in total. The second kappa shape index (κ2) is 24.1. The zero-order valence-electron chi connectivity index (χ0n) is 30.7. The molecule has 0 unspecified atom stereocenters. The van der Waals surface area contributed by atoms with Gasteiger partial charge in [-0.05, 0) is 44.0 Å². The third-order valence-electron chi connectivity index (χ3n) is 8.09. The number of esters is 2. The van der Waals surface area contributed by atoms with Crippen LogP contribution in [-0.4, -0.2) is 74.7 Å². The lowest BCUT2D eigenvalue weighted by molar-refractivity contribution is -0.385. The number of nitro groups is 1. The molecule has 0 fully saturated rings. The van der Waals surface area contributed by atoms with Gasteiger partial charge in [-0.2, -0.15) is 0 Å². The van der Waals surface area contributed by atoms with Crippen molar-refractivity contribution >= 4 is 44.3 Å². The van der Waals surface area contributed by atoms with Crippen LogP contribution in [0.4, 0.5) is 15.8 Å². The lowest BCUT2D eigenvalue weighted by atomic mass is 10.0. The second-order valence-electron chi connectivity index (χ2n) is 12.4. The molecular weight excluding hydrogens is 704 g/mol. The molecule has 1 atom stereocenters. The molecule has 0 saturated heterocycles. The molecular formula is C37H49FN4O8Si2. The fraction of sp³-hybridized carbons (Fsp3) is 0.514. The van der Waals surface area contributed by atoms with E-state index in [9.17, 15) is 24.1 Å². The van der Waals surface area contributed by atoms with Gasteiger partial charge in [0, 0.05) is 31.3 Å². The van der Waals surface area contributed by atoms with E-state index in [2.05, 4.69) is 42.0 Å². The summed E-state index contributed by atoms with van der Waals surface area (Å²) in [6, 6.07) is 8.44. The summed E-state index contributed by atoms with van der Waals surface area (Å²) in [5, 5.41) is 12.0. The topological polar surface area (TPSA) is 143 Å². The van der Waals surface area contributed by atoms with E-state index in [0.717, 1.165) is 30.2 Å². The summed E-state index contributed by atoms with van der Waals surface area (Å²) in [6.07, 6.45) is 13.1. The van der Waals surface area contributed by atoms with Crippen LogP contribution in [0.1, 0.15) is 107 Å². The van der Waals surface area contributed by atoms with Crippen LogP contribution in [0, 0.1) is 17.0 Å². The molecule has 280 valence electrons. The molecule has 0 aliphatic heterocycles. The molecule has 0 spiro atoms. The first-order chi connectivity index (χ1) is 25.0. The number of halogens is 1. The fourth-order valence-electron chi connectivity index (χ4n) is 5.43. The molecule has 0 aliphatic carbocycles. The van der Waals surface area contributed by atoms with E-state index in [1.54, 1.807) is 14.1 Å². The van der Waals surface area contributed by atoms with Gasteiger partial charge in [0.1, 0.15) is 5.75 Å². The maximum absolute atomic E-state index is 14.4. The van der Waals surface area contributed by atoms with E-state index >= 15 is 0 Å². The Bertz CT molecular complexity index is 1550. The van der Waals surface area contributed by atoms with Crippen LogP contribution in [0.2, 0.25) is 0 Å². The standard InChI is InChI=1S/C37H49FN4O7.OSi2/c1-6-8-10-11-12-13-14-15-16-22-47-28-20-18-27(19-21-28)31-24-40-33(25-39-31)48-36(43)29-23-32(42(45)46)35(26(3)34(29)41(4)5)49-37(44)30(38)17-9-7-2;2-1-3/h18-21,23-25,30H,6-17,22H2,1-5H3;/t30-;/m1./s1. The smallest absolute Gasteiger partial charge is 0.347 e. The number of hydrogen-bond acceptors (Lipinski definition) is 11. The Labute approximate surface area is 313 Å². The number of carbonyl (C=O) groups excluding carboxylic acids is 2. The number of ether oxygens (including phenoxy) is 3. The van der Waals surface area contributed by atoms with E-state index in [1.807, 2.05) is 31.2 Å². The van der Waals surface area contributed by atoms with Crippen molar-refractivity contribution < 1.29 is 37.2 Å². The monoisotopic (exact) mass is 752 g/mol. The molecule has 0 amide bonds. The predicted octanol–water partition coefficient (Wildman–Crippen LogP) is 8.16. The highest BCUT2D eigenvalue weighted by Crippen LogP contribution is 2.40. The van der Waals surface area contributed by atoms with Crippen LogP contribution >= 0.6 is 0 Å². The van der Waals surface area contributed by atoms with Crippen molar-refractivity contribution in [1.29, 1.82) is 0 Å². The van der Waals surface area contributed by atoms with E-state index in [0.29, 0.717) is 25.1 Å². The third-order valence-corrected chi connectivity index (χ3v) is 8.09. The first-order valence-electron chi connectivity index (χ1n) is 17.6. The summed E-state index contributed by atoms with van der Waals surface area (Å²) in [7, 11) is 8.41. The molecule has 3 rings (SSSR count). The van der Waals surface area contributed by atoms with Crippen LogP contribution in [0.15, 0.2) is 42.7 Å². The lowest BCUT2D eigenvalue weighted by Gasteiger charge is -2.21. The fourth-order valence-corrected chi connectivity index (χ4v) is 5.43. The maximum Gasteiger partial charge on any atom is 0.347 e. The largest absolute Gasteiger partial charge is 0.494 e. The first kappa shape index (κ1) is 43.9. The van der Waals surface area contributed by atoms with Gasteiger partial charge in [0.15, 0.2) is 6.17 Å². The van der Waals surface area contributed by atoms with Crippen molar-refractivity contribution in [3.8, 4) is 28.6 Å². The van der Waals surface area contributed by atoms with E-state index in [1.165, 1.54) is 69.2 Å². The predicted molar refractivity (Wildman–Crippen MR) is 200 cm³/mol. The first-order valence-corrected chi connectivity index (χ1v) is 18.4. The number of alkyl halides is 1. The van der Waals surface area contributed by atoms with Gasteiger partial charge in [-0.3, -0.25) is 10.1 Å². The molecule has 1 aromatic heterocycles. The summed E-state index contributed by atoms with van der Waals surface area (Å²) in [5.41, 5.74) is 0.796. The molecule has 15 heteroatoms. The Kier molecular flexibility index (Phi) is 20.4. The van der Waals surface area contributed by atoms with E-state index in [4.69, 9.17) is 14.2 Å². The van der Waals surface area contributed by atoms with Gasteiger partial charge in [-0.25, -0.2) is 23.9 Å². The third kappa shape index (κ3) is 14.4. The number of carbonyl (C=O) groups is 2. The van der Waals surface area contributed by atoms with Crippen molar-refractivity contribution in [2.45, 2.75) is 104 Å². The Hall–Kier alpha value is -4.22. The number of nitro benzene ring substituents is 1. The highest BCUT2D eigenvalue weighted by atomic mass is 28.3.